The lowest BCUT2D eigenvalue weighted by atomic mass is 10.2. The highest BCUT2D eigenvalue weighted by Gasteiger charge is 2.08. The molecule has 0 saturated carbocycles. The van der Waals surface area contributed by atoms with E-state index < -0.39 is 0 Å². The van der Waals surface area contributed by atoms with Gasteiger partial charge in [0, 0.05) is 24.4 Å². The van der Waals surface area contributed by atoms with Crippen molar-refractivity contribution < 1.29 is 4.74 Å². The first-order valence-electron chi connectivity index (χ1n) is 9.75. The molecule has 0 bridgehead atoms. The fraction of sp³-hybridized carbons (Fsp3) is 0.125. The summed E-state index contributed by atoms with van der Waals surface area (Å²) >= 11 is 0. The summed E-state index contributed by atoms with van der Waals surface area (Å²) in [6.07, 6.45) is 1.79. The molecule has 2 heterocycles. The molecule has 0 fully saturated rings. The van der Waals surface area contributed by atoms with Crippen molar-refractivity contribution in [3.8, 4) is 17.1 Å². The van der Waals surface area contributed by atoms with Crippen molar-refractivity contribution in [3.05, 3.63) is 96.3 Å². The molecular weight excluding hydrogens is 374 g/mol. The third-order valence-electron chi connectivity index (χ3n) is 4.57. The van der Waals surface area contributed by atoms with E-state index in [2.05, 4.69) is 20.6 Å². The summed E-state index contributed by atoms with van der Waals surface area (Å²) in [4.78, 5) is 13.7. The third-order valence-corrected chi connectivity index (χ3v) is 4.57. The molecule has 2 N–H and O–H groups in total. The van der Waals surface area contributed by atoms with E-state index in [1.165, 1.54) is 0 Å². The minimum atomic E-state index is 0.587. The van der Waals surface area contributed by atoms with Crippen LogP contribution in [0.25, 0.3) is 11.4 Å². The molecule has 2 aromatic heterocycles. The number of nitrogens with one attached hydrogen (secondary N) is 2. The van der Waals surface area contributed by atoms with Gasteiger partial charge in [0.15, 0.2) is 5.82 Å². The predicted octanol–water partition coefficient (Wildman–Crippen LogP) is 4.77. The first-order valence-corrected chi connectivity index (χ1v) is 9.75. The lowest BCUT2D eigenvalue weighted by Crippen LogP contribution is -2.07. The van der Waals surface area contributed by atoms with Crippen molar-refractivity contribution in [3.63, 3.8) is 0 Å². The second-order valence-electron chi connectivity index (χ2n) is 6.70. The summed E-state index contributed by atoms with van der Waals surface area (Å²) in [5, 5.41) is 6.75. The molecule has 0 radical (unpaired) electrons. The molecule has 4 rings (SSSR count). The lowest BCUT2D eigenvalue weighted by Gasteiger charge is -2.12. The maximum absolute atomic E-state index is 5.22. The Bertz CT molecular complexity index is 1070. The van der Waals surface area contributed by atoms with Crippen LogP contribution in [0.2, 0.25) is 0 Å². The molecule has 0 aliphatic rings. The van der Waals surface area contributed by atoms with Crippen LogP contribution in [0.1, 0.15) is 11.3 Å². The fourth-order valence-corrected chi connectivity index (χ4v) is 2.96. The first-order chi connectivity index (χ1) is 14.8. The zero-order valence-electron chi connectivity index (χ0n) is 16.7. The van der Waals surface area contributed by atoms with Crippen LogP contribution in [0.3, 0.4) is 0 Å². The summed E-state index contributed by atoms with van der Waals surface area (Å²) in [6.45, 7) is 1.24. The molecule has 6 heteroatoms. The van der Waals surface area contributed by atoms with E-state index in [4.69, 9.17) is 9.72 Å². The number of hydrogen-bond acceptors (Lipinski definition) is 6. The van der Waals surface area contributed by atoms with E-state index >= 15 is 0 Å². The van der Waals surface area contributed by atoms with E-state index in [0.717, 1.165) is 34.2 Å². The smallest absolute Gasteiger partial charge is 0.163 e. The van der Waals surface area contributed by atoms with Crippen molar-refractivity contribution in [2.75, 3.05) is 17.7 Å². The number of methoxy groups -OCH3 is 1. The van der Waals surface area contributed by atoms with Gasteiger partial charge >= 0.3 is 0 Å². The van der Waals surface area contributed by atoms with Gasteiger partial charge in [0.1, 0.15) is 17.4 Å². The number of nitrogens with zero attached hydrogens (tertiary/aromatic N) is 3. The van der Waals surface area contributed by atoms with Crippen LogP contribution in [-0.4, -0.2) is 22.1 Å². The lowest BCUT2D eigenvalue weighted by molar-refractivity contribution is 0.414. The SMILES string of the molecule is COc1ccc(CNc2cc(NCc3ccccn3)nc(-c3ccccc3)n2)cc1. The maximum Gasteiger partial charge on any atom is 0.163 e. The fourth-order valence-electron chi connectivity index (χ4n) is 2.96. The van der Waals surface area contributed by atoms with Gasteiger partial charge in [-0.05, 0) is 29.8 Å². The third kappa shape index (κ3) is 5.11. The molecule has 6 nitrogen and oxygen atoms in total. The minimum absolute atomic E-state index is 0.587. The van der Waals surface area contributed by atoms with Crippen LogP contribution in [0.15, 0.2) is 85.1 Å². The van der Waals surface area contributed by atoms with Crippen LogP contribution in [0, 0.1) is 0 Å². The van der Waals surface area contributed by atoms with Crippen molar-refractivity contribution in [1.82, 2.24) is 15.0 Å². The second kappa shape index (κ2) is 9.52. The molecule has 0 atom stereocenters. The van der Waals surface area contributed by atoms with E-state index in [1.807, 2.05) is 78.9 Å². The Balaban J connectivity index is 1.54. The maximum atomic E-state index is 5.22. The van der Waals surface area contributed by atoms with Gasteiger partial charge in [-0.15, -0.1) is 0 Å². The number of anilines is 2. The van der Waals surface area contributed by atoms with Gasteiger partial charge in [-0.1, -0.05) is 48.5 Å². The zero-order valence-corrected chi connectivity index (χ0v) is 16.7. The first kappa shape index (κ1) is 19.4. The van der Waals surface area contributed by atoms with Crippen LogP contribution < -0.4 is 15.4 Å². The number of pyridine rings is 1. The van der Waals surface area contributed by atoms with Gasteiger partial charge in [-0.25, -0.2) is 9.97 Å². The van der Waals surface area contributed by atoms with Crippen LogP contribution >= 0.6 is 0 Å². The highest BCUT2D eigenvalue weighted by Crippen LogP contribution is 2.21. The predicted molar refractivity (Wildman–Crippen MR) is 119 cm³/mol. The molecular formula is C24H23N5O. The highest BCUT2D eigenvalue weighted by molar-refractivity contribution is 5.61. The highest BCUT2D eigenvalue weighted by atomic mass is 16.5. The Morgan fingerprint density at radius 2 is 1.47 bits per heavy atom. The van der Waals surface area contributed by atoms with Crippen LogP contribution in [0.4, 0.5) is 11.6 Å². The van der Waals surface area contributed by atoms with E-state index in [0.29, 0.717) is 18.9 Å². The van der Waals surface area contributed by atoms with E-state index in [1.54, 1.807) is 13.3 Å². The van der Waals surface area contributed by atoms with Gasteiger partial charge in [0.05, 0.1) is 19.3 Å². The van der Waals surface area contributed by atoms with Gasteiger partial charge in [-0.2, -0.15) is 0 Å². The Morgan fingerprint density at radius 1 is 0.767 bits per heavy atom. The molecule has 0 aliphatic heterocycles. The van der Waals surface area contributed by atoms with Crippen molar-refractivity contribution >= 4 is 11.6 Å². The summed E-state index contributed by atoms with van der Waals surface area (Å²) in [7, 11) is 1.67. The summed E-state index contributed by atoms with van der Waals surface area (Å²) in [5.74, 6) is 3.00. The van der Waals surface area contributed by atoms with Crippen molar-refractivity contribution in [2.45, 2.75) is 13.1 Å². The van der Waals surface area contributed by atoms with Crippen LogP contribution in [0.5, 0.6) is 5.75 Å². The second-order valence-corrected chi connectivity index (χ2v) is 6.70. The average molecular weight is 397 g/mol. The van der Waals surface area contributed by atoms with Gasteiger partial charge < -0.3 is 15.4 Å². The summed E-state index contributed by atoms with van der Waals surface area (Å²) in [6, 6.07) is 25.7. The van der Waals surface area contributed by atoms with Crippen molar-refractivity contribution in [2.24, 2.45) is 0 Å². The molecule has 0 aliphatic carbocycles. The molecule has 0 unspecified atom stereocenters. The quantitative estimate of drug-likeness (QED) is 0.446. The Kier molecular flexibility index (Phi) is 6.15. The number of aromatic nitrogens is 3. The van der Waals surface area contributed by atoms with E-state index in [-0.39, 0.29) is 0 Å². The zero-order chi connectivity index (χ0) is 20.6. The molecule has 0 saturated heterocycles. The standard InChI is InChI=1S/C24H23N5O/c1-30-21-12-10-18(11-13-21)16-26-22-15-23(27-17-20-9-5-6-14-25-20)29-24(28-22)19-7-3-2-4-8-19/h2-15H,16-17H2,1H3,(H2,26,27,28,29). The molecule has 0 amide bonds. The van der Waals surface area contributed by atoms with E-state index in [9.17, 15) is 0 Å². The topological polar surface area (TPSA) is 72.0 Å². The number of ether oxygens (including phenoxy) is 1. The molecule has 30 heavy (non-hydrogen) atoms. The summed E-state index contributed by atoms with van der Waals surface area (Å²) in [5.41, 5.74) is 3.05. The summed E-state index contributed by atoms with van der Waals surface area (Å²) < 4.78 is 5.22. The average Bonchev–Trinajstić information content (AvgIpc) is 2.83. The van der Waals surface area contributed by atoms with Gasteiger partial charge in [-0.3, -0.25) is 4.98 Å². The molecule has 0 spiro atoms. The van der Waals surface area contributed by atoms with Crippen LogP contribution in [-0.2, 0) is 13.1 Å². The molecule has 150 valence electrons. The number of benzene rings is 2. The normalized spacial score (nSPS) is 10.4. The Morgan fingerprint density at radius 3 is 2.13 bits per heavy atom. The largest absolute Gasteiger partial charge is 0.497 e. The van der Waals surface area contributed by atoms with Gasteiger partial charge in [0.2, 0.25) is 0 Å². The minimum Gasteiger partial charge on any atom is -0.497 e. The molecule has 4 aromatic rings. The Labute approximate surface area is 176 Å². The Hall–Kier alpha value is -3.93. The van der Waals surface area contributed by atoms with Gasteiger partial charge in [0.25, 0.3) is 0 Å². The number of hydrogen-bond donors (Lipinski definition) is 2. The number of rotatable bonds is 8. The molecule has 2 aromatic carbocycles. The van der Waals surface area contributed by atoms with Crippen molar-refractivity contribution in [1.29, 1.82) is 0 Å². The monoisotopic (exact) mass is 397 g/mol.